The third-order valence-electron chi connectivity index (χ3n) is 4.38. The molecule has 1 saturated carbocycles. The fourth-order valence-corrected chi connectivity index (χ4v) is 3.79. The fraction of sp³-hybridized carbons (Fsp3) is 0.929. The average Bonchev–Trinajstić information content (AvgIpc) is 2.23. The first kappa shape index (κ1) is 16.5. The molecule has 112 valence electrons. The van der Waals surface area contributed by atoms with Crippen LogP contribution >= 0.6 is 0 Å². The Bertz CT molecular complexity index is 419. The van der Waals surface area contributed by atoms with Crippen LogP contribution in [0.2, 0.25) is 0 Å². The molecule has 0 spiro atoms. The molecule has 1 aliphatic carbocycles. The van der Waals surface area contributed by atoms with Crippen molar-refractivity contribution >= 4 is 15.8 Å². The number of carbonyl (C=O) groups is 1. The predicted octanol–water partition coefficient (Wildman–Crippen LogP) is 2.58. The summed E-state index contributed by atoms with van der Waals surface area (Å²) in [5.74, 6) is -0.581. The topological polar surface area (TPSA) is 71.4 Å². The molecule has 0 saturated heterocycles. The van der Waals surface area contributed by atoms with E-state index in [1.807, 2.05) is 0 Å². The highest BCUT2D eigenvalue weighted by atomic mass is 32.2. The van der Waals surface area contributed by atoms with Gasteiger partial charge in [0.05, 0.1) is 11.7 Å². The molecular formula is C14H26O4S. The number of aliphatic carboxylic acids is 1. The number of hydrogen-bond acceptors (Lipinski definition) is 3. The molecule has 1 fully saturated rings. The summed E-state index contributed by atoms with van der Waals surface area (Å²) in [4.78, 5) is 11.3. The first-order chi connectivity index (χ1) is 8.50. The van der Waals surface area contributed by atoms with E-state index in [1.54, 1.807) is 0 Å². The predicted molar refractivity (Wildman–Crippen MR) is 75.7 cm³/mol. The molecular weight excluding hydrogens is 264 g/mol. The van der Waals surface area contributed by atoms with Gasteiger partial charge in [-0.05, 0) is 42.9 Å². The molecule has 1 aliphatic rings. The fourth-order valence-electron chi connectivity index (χ4n) is 3.06. The second-order valence-electron chi connectivity index (χ2n) is 7.00. The molecule has 3 atom stereocenters. The number of sulfone groups is 1. The van der Waals surface area contributed by atoms with Crippen molar-refractivity contribution in [1.82, 2.24) is 0 Å². The van der Waals surface area contributed by atoms with Gasteiger partial charge in [0.2, 0.25) is 0 Å². The summed E-state index contributed by atoms with van der Waals surface area (Å²) >= 11 is 0. The maximum atomic E-state index is 11.3. The van der Waals surface area contributed by atoms with Crippen molar-refractivity contribution in [1.29, 1.82) is 0 Å². The standard InChI is InChI=1S/C14H26O4S/c1-14(2,3)11-5-6-12(13(15)16)10(9-11)7-8-19(4,17)18/h10-12H,5-9H2,1-4H3,(H,15,16). The van der Waals surface area contributed by atoms with Crippen molar-refractivity contribution in [2.75, 3.05) is 12.0 Å². The summed E-state index contributed by atoms with van der Waals surface area (Å²) in [6.45, 7) is 6.52. The summed E-state index contributed by atoms with van der Waals surface area (Å²) in [5.41, 5.74) is 0.160. The van der Waals surface area contributed by atoms with Crippen LogP contribution in [0, 0.1) is 23.2 Å². The second-order valence-corrected chi connectivity index (χ2v) is 9.26. The van der Waals surface area contributed by atoms with Gasteiger partial charge in [0.25, 0.3) is 0 Å². The van der Waals surface area contributed by atoms with Gasteiger partial charge in [-0.25, -0.2) is 8.42 Å². The number of rotatable bonds is 4. The molecule has 4 nitrogen and oxygen atoms in total. The lowest BCUT2D eigenvalue weighted by molar-refractivity contribution is -0.146. The largest absolute Gasteiger partial charge is 0.481 e. The van der Waals surface area contributed by atoms with E-state index in [-0.39, 0.29) is 23.0 Å². The third-order valence-corrected chi connectivity index (χ3v) is 5.36. The number of carboxylic acid groups (broad SMARTS) is 1. The zero-order valence-electron chi connectivity index (χ0n) is 12.3. The van der Waals surface area contributed by atoms with Crippen molar-refractivity contribution in [3.63, 3.8) is 0 Å². The van der Waals surface area contributed by atoms with Gasteiger partial charge in [0.1, 0.15) is 9.84 Å². The summed E-state index contributed by atoms with van der Waals surface area (Å²) in [6, 6.07) is 0. The molecule has 0 aromatic rings. The van der Waals surface area contributed by atoms with E-state index in [2.05, 4.69) is 20.8 Å². The highest BCUT2D eigenvalue weighted by Crippen LogP contribution is 2.44. The zero-order chi connectivity index (χ0) is 14.8. The minimum atomic E-state index is -3.02. The highest BCUT2D eigenvalue weighted by molar-refractivity contribution is 7.90. The third kappa shape index (κ3) is 5.13. The zero-order valence-corrected chi connectivity index (χ0v) is 13.2. The van der Waals surface area contributed by atoms with Crippen molar-refractivity contribution in [3.05, 3.63) is 0 Å². The second kappa shape index (κ2) is 5.81. The smallest absolute Gasteiger partial charge is 0.306 e. The summed E-state index contributed by atoms with van der Waals surface area (Å²) in [7, 11) is -3.02. The van der Waals surface area contributed by atoms with E-state index in [0.29, 0.717) is 18.8 Å². The van der Waals surface area contributed by atoms with Gasteiger partial charge >= 0.3 is 5.97 Å². The van der Waals surface area contributed by atoms with Crippen molar-refractivity contribution in [2.45, 2.75) is 46.5 Å². The van der Waals surface area contributed by atoms with Crippen LogP contribution in [0.15, 0.2) is 0 Å². The van der Waals surface area contributed by atoms with E-state index in [0.717, 1.165) is 12.8 Å². The van der Waals surface area contributed by atoms with Crippen LogP contribution in [0.5, 0.6) is 0 Å². The van der Waals surface area contributed by atoms with Gasteiger partial charge in [-0.3, -0.25) is 4.79 Å². The average molecular weight is 290 g/mol. The lowest BCUT2D eigenvalue weighted by Crippen LogP contribution is -2.36. The van der Waals surface area contributed by atoms with E-state index in [9.17, 15) is 18.3 Å². The molecule has 3 unspecified atom stereocenters. The molecule has 1 N–H and O–H groups in total. The van der Waals surface area contributed by atoms with Crippen LogP contribution in [0.25, 0.3) is 0 Å². The molecule has 0 heterocycles. The van der Waals surface area contributed by atoms with Crippen molar-refractivity contribution in [3.8, 4) is 0 Å². The Labute approximate surface area is 116 Å². The van der Waals surface area contributed by atoms with Crippen molar-refractivity contribution < 1.29 is 18.3 Å². The molecule has 19 heavy (non-hydrogen) atoms. The van der Waals surface area contributed by atoms with E-state index >= 15 is 0 Å². The molecule has 0 aromatic heterocycles. The van der Waals surface area contributed by atoms with Crippen LogP contribution < -0.4 is 0 Å². The van der Waals surface area contributed by atoms with Gasteiger partial charge in [0.15, 0.2) is 0 Å². The van der Waals surface area contributed by atoms with Gasteiger partial charge in [-0.15, -0.1) is 0 Å². The molecule has 0 bridgehead atoms. The Balaban J connectivity index is 2.76. The van der Waals surface area contributed by atoms with Crippen LogP contribution in [0.4, 0.5) is 0 Å². The summed E-state index contributed by atoms with van der Waals surface area (Å²) in [5, 5.41) is 9.28. The van der Waals surface area contributed by atoms with E-state index in [4.69, 9.17) is 0 Å². The van der Waals surface area contributed by atoms with Crippen molar-refractivity contribution in [2.24, 2.45) is 23.2 Å². The number of hydrogen-bond donors (Lipinski definition) is 1. The quantitative estimate of drug-likeness (QED) is 0.864. The maximum absolute atomic E-state index is 11.3. The SMILES string of the molecule is CC(C)(C)C1CCC(C(=O)O)C(CCS(C)(=O)=O)C1. The van der Waals surface area contributed by atoms with Crippen LogP contribution in [0.3, 0.4) is 0 Å². The van der Waals surface area contributed by atoms with Crippen LogP contribution in [-0.4, -0.2) is 31.5 Å². The first-order valence-electron chi connectivity index (χ1n) is 6.91. The molecule has 1 rings (SSSR count). The normalized spacial score (nSPS) is 29.2. The van der Waals surface area contributed by atoms with E-state index in [1.165, 1.54) is 6.26 Å². The molecule has 0 amide bonds. The number of carboxylic acids is 1. The Morgan fingerprint density at radius 2 is 1.84 bits per heavy atom. The lowest BCUT2D eigenvalue weighted by atomic mass is 9.65. The van der Waals surface area contributed by atoms with Gasteiger partial charge < -0.3 is 5.11 Å². The van der Waals surface area contributed by atoms with E-state index < -0.39 is 15.8 Å². The molecule has 0 aromatic carbocycles. The molecule has 0 radical (unpaired) electrons. The highest BCUT2D eigenvalue weighted by Gasteiger charge is 2.38. The minimum absolute atomic E-state index is 0.00907. The Morgan fingerprint density at radius 1 is 1.26 bits per heavy atom. The Hall–Kier alpha value is -0.580. The maximum Gasteiger partial charge on any atom is 0.306 e. The molecule has 5 heteroatoms. The lowest BCUT2D eigenvalue weighted by Gasteiger charge is -2.40. The first-order valence-corrected chi connectivity index (χ1v) is 8.97. The molecule has 0 aliphatic heterocycles. The summed E-state index contributed by atoms with van der Waals surface area (Å²) in [6.07, 6.45) is 4.12. The minimum Gasteiger partial charge on any atom is -0.481 e. The van der Waals surface area contributed by atoms with Gasteiger partial charge in [-0.2, -0.15) is 0 Å². The van der Waals surface area contributed by atoms with Crippen LogP contribution in [0.1, 0.15) is 46.5 Å². The van der Waals surface area contributed by atoms with Gasteiger partial charge in [-0.1, -0.05) is 20.8 Å². The Morgan fingerprint density at radius 3 is 2.26 bits per heavy atom. The van der Waals surface area contributed by atoms with Crippen LogP contribution in [-0.2, 0) is 14.6 Å². The summed E-state index contributed by atoms with van der Waals surface area (Å²) < 4.78 is 22.6. The monoisotopic (exact) mass is 290 g/mol. The van der Waals surface area contributed by atoms with Gasteiger partial charge in [0, 0.05) is 6.26 Å². The Kier molecular flexibility index (Phi) is 5.04.